The lowest BCUT2D eigenvalue weighted by Gasteiger charge is -2.15. The highest BCUT2D eigenvalue weighted by Gasteiger charge is 2.35. The first kappa shape index (κ1) is 21.1. The zero-order chi connectivity index (χ0) is 22.2. The fourth-order valence-electron chi connectivity index (χ4n) is 2.57. The number of hydroxylamine groups is 4. The molecule has 0 radical (unpaired) electrons. The Morgan fingerprint density at radius 2 is 1.07 bits per heavy atom. The molecule has 30 heavy (non-hydrogen) atoms. The van der Waals surface area contributed by atoms with Crippen LogP contribution in [0.25, 0.3) is 0 Å². The van der Waals surface area contributed by atoms with Gasteiger partial charge in [-0.25, -0.2) is 9.59 Å². The van der Waals surface area contributed by atoms with E-state index >= 15 is 0 Å². The van der Waals surface area contributed by atoms with Gasteiger partial charge in [-0.05, 0) is 18.2 Å². The van der Waals surface area contributed by atoms with Crippen molar-refractivity contribution in [3.05, 3.63) is 29.3 Å². The van der Waals surface area contributed by atoms with Crippen LogP contribution in [0.2, 0.25) is 0 Å². The molecule has 2 aliphatic heterocycles. The molecular weight excluding hydrogens is 428 g/mol. The molecule has 2 fully saturated rings. The molecular formula is C16H12N2O11S. The van der Waals surface area contributed by atoms with Crippen molar-refractivity contribution in [3.8, 4) is 0 Å². The average molecular weight is 440 g/mol. The molecule has 0 aromatic heterocycles. The molecule has 4 amide bonds. The highest BCUT2D eigenvalue weighted by Crippen LogP contribution is 2.21. The zero-order valence-electron chi connectivity index (χ0n) is 14.9. The van der Waals surface area contributed by atoms with Crippen LogP contribution in [0.5, 0.6) is 0 Å². The number of carbonyl (C=O) groups is 6. The molecule has 158 valence electrons. The van der Waals surface area contributed by atoms with E-state index in [1.807, 2.05) is 0 Å². The summed E-state index contributed by atoms with van der Waals surface area (Å²) in [6.07, 6.45) is -0.751. The summed E-state index contributed by atoms with van der Waals surface area (Å²) in [5.41, 5.74) is -1.27. The predicted octanol–water partition coefficient (Wildman–Crippen LogP) is -0.625. The molecule has 1 aromatic rings. The highest BCUT2D eigenvalue weighted by molar-refractivity contribution is 7.85. The lowest BCUT2D eigenvalue weighted by Crippen LogP contribution is -2.33. The Labute approximate surface area is 167 Å². The molecule has 3 rings (SSSR count). The smallest absolute Gasteiger partial charge is 0.325 e. The summed E-state index contributed by atoms with van der Waals surface area (Å²) in [4.78, 5) is 79.1. The predicted molar refractivity (Wildman–Crippen MR) is 89.3 cm³/mol. The van der Waals surface area contributed by atoms with E-state index in [-0.39, 0.29) is 35.8 Å². The molecule has 0 aliphatic carbocycles. The van der Waals surface area contributed by atoms with Crippen LogP contribution in [0.15, 0.2) is 23.1 Å². The van der Waals surface area contributed by atoms with E-state index in [0.29, 0.717) is 12.1 Å². The van der Waals surface area contributed by atoms with Crippen molar-refractivity contribution in [2.75, 3.05) is 0 Å². The van der Waals surface area contributed by atoms with Crippen molar-refractivity contribution in [1.29, 1.82) is 0 Å². The second-order valence-corrected chi connectivity index (χ2v) is 7.56. The maximum Gasteiger partial charge on any atom is 0.363 e. The maximum absolute atomic E-state index is 12.3. The second kappa shape index (κ2) is 7.64. The third-order valence-electron chi connectivity index (χ3n) is 4.04. The Kier molecular flexibility index (Phi) is 5.37. The van der Waals surface area contributed by atoms with E-state index in [2.05, 4.69) is 9.68 Å². The Morgan fingerprint density at radius 1 is 0.733 bits per heavy atom. The fraction of sp³-hybridized carbons (Fsp3) is 0.250. The number of rotatable bonds is 5. The molecule has 0 saturated carbocycles. The van der Waals surface area contributed by atoms with E-state index in [4.69, 9.17) is 0 Å². The van der Waals surface area contributed by atoms with Gasteiger partial charge in [0.05, 0.1) is 16.0 Å². The van der Waals surface area contributed by atoms with Gasteiger partial charge in [0.1, 0.15) is 0 Å². The molecule has 0 bridgehead atoms. The summed E-state index contributed by atoms with van der Waals surface area (Å²) in [6.45, 7) is 0. The number of hydrogen-bond acceptors (Lipinski definition) is 10. The molecule has 2 saturated heterocycles. The normalized spacial score (nSPS) is 17.0. The van der Waals surface area contributed by atoms with Gasteiger partial charge in [0.25, 0.3) is 33.7 Å². The summed E-state index contributed by atoms with van der Waals surface area (Å²) >= 11 is 0. The van der Waals surface area contributed by atoms with Gasteiger partial charge >= 0.3 is 11.9 Å². The van der Waals surface area contributed by atoms with Crippen LogP contribution in [-0.2, 0) is 39.0 Å². The number of carbonyl (C=O) groups excluding carboxylic acids is 6. The van der Waals surface area contributed by atoms with E-state index < -0.39 is 61.7 Å². The number of benzene rings is 1. The Hall–Kier alpha value is -3.65. The second-order valence-electron chi connectivity index (χ2n) is 6.14. The minimum absolute atomic E-state index is 0.188. The molecule has 1 N–H and O–H groups in total. The van der Waals surface area contributed by atoms with Gasteiger partial charge in [-0.1, -0.05) is 0 Å². The minimum Gasteiger partial charge on any atom is -0.325 e. The van der Waals surface area contributed by atoms with Crippen LogP contribution < -0.4 is 0 Å². The first-order valence-corrected chi connectivity index (χ1v) is 9.70. The van der Waals surface area contributed by atoms with E-state index in [1.54, 1.807) is 0 Å². The number of nitrogens with zero attached hydrogens (tertiary/aromatic N) is 2. The summed E-state index contributed by atoms with van der Waals surface area (Å²) in [6, 6.07) is 2.03. The quantitative estimate of drug-likeness (QED) is 0.455. The molecule has 2 aliphatic rings. The van der Waals surface area contributed by atoms with Crippen molar-refractivity contribution in [3.63, 3.8) is 0 Å². The van der Waals surface area contributed by atoms with Gasteiger partial charge in [-0.15, -0.1) is 10.1 Å². The van der Waals surface area contributed by atoms with E-state index in [1.165, 1.54) is 0 Å². The lowest BCUT2D eigenvalue weighted by atomic mass is 10.1. The van der Waals surface area contributed by atoms with Crippen LogP contribution in [0.4, 0.5) is 0 Å². The van der Waals surface area contributed by atoms with Gasteiger partial charge in [0.2, 0.25) is 0 Å². The third-order valence-corrected chi connectivity index (χ3v) is 4.87. The Balaban J connectivity index is 1.92. The topological polar surface area (TPSA) is 182 Å². The largest absolute Gasteiger partial charge is 0.363 e. The standard InChI is InChI=1S/C16H12N2O11S/c19-11-1-2-12(20)17(11)28-15(23)8-5-9(7-10(6-8)30(25,26)27)16(24)29-18-13(21)3-4-14(18)22/h5-7H,1-4H2,(H,25,26,27). The Bertz CT molecular complexity index is 1010. The molecule has 13 nitrogen and oxygen atoms in total. The number of hydrogen-bond donors (Lipinski definition) is 1. The average Bonchev–Trinajstić information content (AvgIpc) is 3.17. The van der Waals surface area contributed by atoms with Crippen LogP contribution in [0.1, 0.15) is 46.4 Å². The van der Waals surface area contributed by atoms with Crippen molar-refractivity contribution in [2.24, 2.45) is 0 Å². The first-order chi connectivity index (χ1) is 14.0. The lowest BCUT2D eigenvalue weighted by molar-refractivity contribution is -0.173. The third kappa shape index (κ3) is 4.18. The highest BCUT2D eigenvalue weighted by atomic mass is 32.2. The minimum atomic E-state index is -4.92. The zero-order valence-corrected chi connectivity index (χ0v) is 15.7. The van der Waals surface area contributed by atoms with Crippen molar-refractivity contribution in [1.82, 2.24) is 10.1 Å². The molecule has 0 spiro atoms. The molecule has 1 aromatic carbocycles. The van der Waals surface area contributed by atoms with Gasteiger partial charge in [0.15, 0.2) is 0 Å². The SMILES string of the molecule is O=C(ON1C(=O)CCC1=O)c1cc(C(=O)ON2C(=O)CCC2=O)cc(S(=O)(=O)O)c1. The van der Waals surface area contributed by atoms with E-state index in [0.717, 1.165) is 6.07 Å². The summed E-state index contributed by atoms with van der Waals surface area (Å²) in [7, 11) is -4.92. The summed E-state index contributed by atoms with van der Waals surface area (Å²) < 4.78 is 32.3. The van der Waals surface area contributed by atoms with Crippen LogP contribution in [0, 0.1) is 0 Å². The van der Waals surface area contributed by atoms with Crippen molar-refractivity contribution < 1.29 is 51.4 Å². The first-order valence-electron chi connectivity index (χ1n) is 8.26. The van der Waals surface area contributed by atoms with Crippen molar-refractivity contribution in [2.45, 2.75) is 30.6 Å². The van der Waals surface area contributed by atoms with Gasteiger partial charge in [-0.3, -0.25) is 23.7 Å². The summed E-state index contributed by atoms with van der Waals surface area (Å²) in [5.74, 6) is -5.97. The number of amides is 4. The monoisotopic (exact) mass is 440 g/mol. The fourth-order valence-corrected chi connectivity index (χ4v) is 3.12. The van der Waals surface area contributed by atoms with Crippen molar-refractivity contribution >= 4 is 45.7 Å². The molecule has 0 atom stereocenters. The van der Waals surface area contributed by atoms with Crippen LogP contribution >= 0.6 is 0 Å². The Morgan fingerprint density at radius 3 is 1.37 bits per heavy atom. The van der Waals surface area contributed by atoms with Crippen LogP contribution in [0.3, 0.4) is 0 Å². The number of imide groups is 2. The molecule has 2 heterocycles. The maximum atomic E-state index is 12.3. The van der Waals surface area contributed by atoms with Gasteiger partial charge in [0, 0.05) is 25.7 Å². The summed E-state index contributed by atoms with van der Waals surface area (Å²) in [5, 5.41) is 0.393. The van der Waals surface area contributed by atoms with Crippen LogP contribution in [-0.4, -0.2) is 58.7 Å². The molecule has 14 heteroatoms. The van der Waals surface area contributed by atoms with E-state index in [9.17, 15) is 41.7 Å². The van der Waals surface area contributed by atoms with Gasteiger partial charge in [-0.2, -0.15) is 8.42 Å². The van der Waals surface area contributed by atoms with Gasteiger partial charge < -0.3 is 9.68 Å². The molecule has 0 unspecified atom stereocenters.